The first kappa shape index (κ1) is 23.3. The van der Waals surface area contributed by atoms with Crippen molar-refractivity contribution in [3.8, 4) is 5.75 Å². The summed E-state index contributed by atoms with van der Waals surface area (Å²) < 4.78 is 56.7. The van der Waals surface area contributed by atoms with Crippen molar-refractivity contribution in [3.05, 3.63) is 88.1 Å². The molecule has 0 atom stereocenters. The standard InChI is InChI=1S/C22H16BrF4N3O2/c23-19-11-14(12-28-30-18-6-2-15(3-7-18)22(25,26)27)1-10-20(19)32-13-21(31)29-17-8-4-16(24)5-9-17/h1-12,30H,13H2,(H,29,31)/b28-12+. The zero-order chi connectivity index (χ0) is 23.1. The third kappa shape index (κ3) is 6.81. The Morgan fingerprint density at radius 3 is 2.28 bits per heavy atom. The van der Waals surface area contributed by atoms with Crippen molar-refractivity contribution in [1.29, 1.82) is 0 Å². The smallest absolute Gasteiger partial charge is 0.416 e. The monoisotopic (exact) mass is 509 g/mol. The highest BCUT2D eigenvalue weighted by Gasteiger charge is 2.29. The molecule has 0 radical (unpaired) electrons. The predicted octanol–water partition coefficient (Wildman–Crippen LogP) is 6.07. The van der Waals surface area contributed by atoms with Gasteiger partial charge in [0, 0.05) is 5.69 Å². The van der Waals surface area contributed by atoms with Crippen molar-refractivity contribution in [2.45, 2.75) is 6.18 Å². The minimum atomic E-state index is -4.39. The number of hydrogen-bond donors (Lipinski definition) is 2. The second kappa shape index (κ2) is 10.3. The minimum absolute atomic E-state index is 0.251. The summed E-state index contributed by atoms with van der Waals surface area (Å²) in [5.74, 6) is -0.386. The lowest BCUT2D eigenvalue weighted by atomic mass is 10.2. The summed E-state index contributed by atoms with van der Waals surface area (Å²) in [4.78, 5) is 12.0. The van der Waals surface area contributed by atoms with E-state index in [1.807, 2.05) is 0 Å². The molecule has 3 rings (SSSR count). The molecule has 1 amide bonds. The molecule has 0 bridgehead atoms. The molecule has 0 aromatic heterocycles. The van der Waals surface area contributed by atoms with Gasteiger partial charge in [-0.2, -0.15) is 18.3 Å². The maximum Gasteiger partial charge on any atom is 0.416 e. The molecule has 166 valence electrons. The third-order valence-corrected chi connectivity index (χ3v) is 4.68. The molecular formula is C22H16BrF4N3O2. The van der Waals surface area contributed by atoms with E-state index in [2.05, 4.69) is 31.8 Å². The zero-order valence-electron chi connectivity index (χ0n) is 16.3. The maximum absolute atomic E-state index is 12.9. The molecule has 0 aliphatic heterocycles. The first-order valence-electron chi connectivity index (χ1n) is 9.15. The molecule has 10 heteroatoms. The third-order valence-electron chi connectivity index (χ3n) is 4.06. The summed E-state index contributed by atoms with van der Waals surface area (Å²) in [6.07, 6.45) is -2.91. The molecule has 0 unspecified atom stereocenters. The van der Waals surface area contributed by atoms with Gasteiger partial charge in [0.25, 0.3) is 5.91 Å². The minimum Gasteiger partial charge on any atom is -0.483 e. The van der Waals surface area contributed by atoms with E-state index in [0.29, 0.717) is 27.2 Å². The van der Waals surface area contributed by atoms with Crippen LogP contribution in [0.3, 0.4) is 0 Å². The fraction of sp³-hybridized carbons (Fsp3) is 0.0909. The van der Waals surface area contributed by atoms with E-state index >= 15 is 0 Å². The molecule has 2 N–H and O–H groups in total. The van der Waals surface area contributed by atoms with Gasteiger partial charge in [-0.3, -0.25) is 10.2 Å². The lowest BCUT2D eigenvalue weighted by Gasteiger charge is -2.09. The largest absolute Gasteiger partial charge is 0.483 e. The van der Waals surface area contributed by atoms with E-state index in [0.717, 1.165) is 12.1 Å². The van der Waals surface area contributed by atoms with Gasteiger partial charge in [0.05, 0.1) is 21.9 Å². The Bertz CT molecular complexity index is 1100. The van der Waals surface area contributed by atoms with Crippen LogP contribution in [0.25, 0.3) is 0 Å². The van der Waals surface area contributed by atoms with Gasteiger partial charge >= 0.3 is 6.18 Å². The summed E-state index contributed by atoms with van der Waals surface area (Å²) in [6.45, 7) is -0.251. The molecule has 32 heavy (non-hydrogen) atoms. The fourth-order valence-electron chi connectivity index (χ4n) is 2.50. The number of hydrazone groups is 1. The van der Waals surface area contributed by atoms with Crippen molar-refractivity contribution < 1.29 is 27.1 Å². The van der Waals surface area contributed by atoms with Crippen LogP contribution in [0.1, 0.15) is 11.1 Å². The van der Waals surface area contributed by atoms with Gasteiger partial charge in [-0.05, 0) is 88.2 Å². The average Bonchev–Trinajstić information content (AvgIpc) is 2.74. The second-order valence-corrected chi connectivity index (χ2v) is 7.33. The molecule has 0 saturated heterocycles. The molecule has 5 nitrogen and oxygen atoms in total. The number of amides is 1. The molecule has 0 aliphatic carbocycles. The number of hydrogen-bond acceptors (Lipinski definition) is 4. The van der Waals surface area contributed by atoms with Gasteiger partial charge in [0.2, 0.25) is 0 Å². The van der Waals surface area contributed by atoms with Crippen molar-refractivity contribution in [3.63, 3.8) is 0 Å². The summed E-state index contributed by atoms with van der Waals surface area (Å²) in [6, 6.07) is 14.9. The number of rotatable bonds is 7. The van der Waals surface area contributed by atoms with E-state index < -0.39 is 23.5 Å². The normalized spacial score (nSPS) is 11.4. The second-order valence-electron chi connectivity index (χ2n) is 6.48. The van der Waals surface area contributed by atoms with Crippen LogP contribution in [0.5, 0.6) is 5.75 Å². The molecule has 0 heterocycles. The first-order valence-corrected chi connectivity index (χ1v) is 9.94. The van der Waals surface area contributed by atoms with E-state index in [1.54, 1.807) is 18.2 Å². The highest BCUT2D eigenvalue weighted by Crippen LogP contribution is 2.30. The summed E-state index contributed by atoms with van der Waals surface area (Å²) in [7, 11) is 0. The number of nitrogens with one attached hydrogen (secondary N) is 2. The van der Waals surface area contributed by atoms with Crippen LogP contribution in [-0.4, -0.2) is 18.7 Å². The van der Waals surface area contributed by atoms with E-state index in [9.17, 15) is 22.4 Å². The molecule has 0 fully saturated rings. The quantitative estimate of drug-likeness (QED) is 0.231. The highest BCUT2D eigenvalue weighted by molar-refractivity contribution is 9.10. The van der Waals surface area contributed by atoms with Crippen LogP contribution in [0, 0.1) is 5.82 Å². The lowest BCUT2D eigenvalue weighted by Crippen LogP contribution is -2.20. The van der Waals surface area contributed by atoms with Crippen molar-refractivity contribution >= 4 is 39.4 Å². The Labute approximate surface area is 189 Å². The van der Waals surface area contributed by atoms with Crippen LogP contribution in [0.2, 0.25) is 0 Å². The Morgan fingerprint density at radius 2 is 1.66 bits per heavy atom. The van der Waals surface area contributed by atoms with Crippen molar-refractivity contribution in [2.24, 2.45) is 5.10 Å². The van der Waals surface area contributed by atoms with Gasteiger partial charge in [0.15, 0.2) is 6.61 Å². The van der Waals surface area contributed by atoms with Crippen molar-refractivity contribution in [1.82, 2.24) is 0 Å². The SMILES string of the molecule is O=C(COc1ccc(/C=N/Nc2ccc(C(F)(F)F)cc2)cc1Br)Nc1ccc(F)cc1. The van der Waals surface area contributed by atoms with Gasteiger partial charge in [-0.15, -0.1) is 0 Å². The summed E-state index contributed by atoms with van der Waals surface area (Å²) in [5.41, 5.74) is 3.45. The maximum atomic E-state index is 12.9. The van der Waals surface area contributed by atoms with Gasteiger partial charge in [-0.25, -0.2) is 4.39 Å². The van der Waals surface area contributed by atoms with E-state index in [4.69, 9.17) is 4.74 Å². The number of carbonyl (C=O) groups excluding carboxylic acids is 1. The Kier molecular flexibility index (Phi) is 7.47. The molecule has 0 aliphatic rings. The van der Waals surface area contributed by atoms with Gasteiger partial charge < -0.3 is 10.1 Å². The molecule has 0 saturated carbocycles. The van der Waals surface area contributed by atoms with E-state index in [1.165, 1.54) is 42.6 Å². The number of anilines is 2. The van der Waals surface area contributed by atoms with Crippen LogP contribution in [0.15, 0.2) is 76.3 Å². The van der Waals surface area contributed by atoms with Crippen LogP contribution >= 0.6 is 15.9 Å². The Morgan fingerprint density at radius 1 is 1.00 bits per heavy atom. The molecule has 3 aromatic carbocycles. The fourth-order valence-corrected chi connectivity index (χ4v) is 3.01. The molecule has 0 spiro atoms. The Balaban J connectivity index is 1.52. The van der Waals surface area contributed by atoms with Gasteiger partial charge in [0.1, 0.15) is 11.6 Å². The molecule has 3 aromatic rings. The Hall–Kier alpha value is -3.40. The van der Waals surface area contributed by atoms with Crippen LogP contribution < -0.4 is 15.5 Å². The van der Waals surface area contributed by atoms with Crippen LogP contribution in [-0.2, 0) is 11.0 Å². The van der Waals surface area contributed by atoms with Gasteiger partial charge in [-0.1, -0.05) is 0 Å². The predicted molar refractivity (Wildman–Crippen MR) is 117 cm³/mol. The number of carbonyl (C=O) groups is 1. The molecular weight excluding hydrogens is 494 g/mol. The van der Waals surface area contributed by atoms with Crippen molar-refractivity contribution in [2.75, 3.05) is 17.3 Å². The summed E-state index contributed by atoms with van der Waals surface area (Å²) in [5, 5.41) is 6.58. The zero-order valence-corrected chi connectivity index (χ0v) is 17.9. The average molecular weight is 510 g/mol. The highest BCUT2D eigenvalue weighted by atomic mass is 79.9. The number of ether oxygens (including phenoxy) is 1. The summed E-state index contributed by atoms with van der Waals surface area (Å²) >= 11 is 3.35. The number of alkyl halides is 3. The van der Waals surface area contributed by atoms with E-state index in [-0.39, 0.29) is 6.61 Å². The number of nitrogens with zero attached hydrogens (tertiary/aromatic N) is 1. The topological polar surface area (TPSA) is 62.7 Å². The first-order chi connectivity index (χ1) is 15.2. The number of benzene rings is 3. The lowest BCUT2D eigenvalue weighted by molar-refractivity contribution is -0.137. The van der Waals surface area contributed by atoms with Crippen LogP contribution in [0.4, 0.5) is 28.9 Å². The number of halogens is 5.